The van der Waals surface area contributed by atoms with E-state index in [-0.39, 0.29) is 5.75 Å². The van der Waals surface area contributed by atoms with E-state index in [9.17, 15) is 4.79 Å². The van der Waals surface area contributed by atoms with E-state index in [2.05, 4.69) is 20.3 Å². The molecule has 140 valence electrons. The van der Waals surface area contributed by atoms with Crippen LogP contribution >= 0.6 is 11.8 Å². The van der Waals surface area contributed by atoms with Crippen LogP contribution in [0.3, 0.4) is 0 Å². The lowest BCUT2D eigenvalue weighted by Gasteiger charge is -2.06. The number of nitrogens with one attached hydrogen (secondary N) is 1. The summed E-state index contributed by atoms with van der Waals surface area (Å²) in [4.78, 5) is 19.6. The quantitative estimate of drug-likeness (QED) is 0.343. The van der Waals surface area contributed by atoms with E-state index < -0.39 is 5.97 Å². The smallest absolute Gasteiger partial charge is 0.313 e. The highest BCUT2D eigenvalue weighted by Crippen LogP contribution is 2.30. The molecular formula is C17H16N4O5S. The standard InChI is InChI=1S/C17H16N4O5S/c1-24-12-4-3-10(7-11(12)8-18-25-2)13-5-6-14(26-13)16-19-17(21-20-16)27-9-15(22)23/h3-8H,9H2,1-2H3,(H,22,23)(H,19,20,21). The molecule has 2 heterocycles. The van der Waals surface area contributed by atoms with Crippen LogP contribution < -0.4 is 4.74 Å². The molecule has 0 atom stereocenters. The van der Waals surface area contributed by atoms with E-state index in [1.165, 1.54) is 7.11 Å². The number of aliphatic carboxylic acids is 1. The Morgan fingerprint density at radius 3 is 2.89 bits per heavy atom. The number of hydrogen-bond acceptors (Lipinski definition) is 8. The first-order valence-corrected chi connectivity index (χ1v) is 8.71. The molecule has 0 fully saturated rings. The molecule has 0 aliphatic carbocycles. The highest BCUT2D eigenvalue weighted by atomic mass is 32.2. The van der Waals surface area contributed by atoms with Crippen LogP contribution in [-0.4, -0.2) is 52.4 Å². The van der Waals surface area contributed by atoms with Gasteiger partial charge in [0.05, 0.1) is 19.1 Å². The Labute approximate surface area is 158 Å². The Balaban J connectivity index is 1.83. The lowest BCUT2D eigenvalue weighted by atomic mass is 10.1. The second kappa shape index (κ2) is 8.41. The second-order valence-electron chi connectivity index (χ2n) is 5.19. The van der Waals surface area contributed by atoms with Crippen molar-refractivity contribution in [2.75, 3.05) is 20.0 Å². The van der Waals surface area contributed by atoms with Crippen molar-refractivity contribution in [2.24, 2.45) is 5.16 Å². The molecule has 0 aliphatic rings. The number of aromatic nitrogens is 3. The molecule has 27 heavy (non-hydrogen) atoms. The van der Waals surface area contributed by atoms with Gasteiger partial charge in [0, 0.05) is 11.1 Å². The summed E-state index contributed by atoms with van der Waals surface area (Å²) in [6.45, 7) is 0. The summed E-state index contributed by atoms with van der Waals surface area (Å²) in [6.07, 6.45) is 1.55. The maximum absolute atomic E-state index is 10.6. The summed E-state index contributed by atoms with van der Waals surface area (Å²) in [5.74, 6) is 1.14. The number of furan rings is 1. The van der Waals surface area contributed by atoms with Gasteiger partial charge in [0.1, 0.15) is 18.6 Å². The van der Waals surface area contributed by atoms with Gasteiger partial charge in [0.25, 0.3) is 0 Å². The second-order valence-corrected chi connectivity index (χ2v) is 6.13. The molecule has 0 amide bonds. The monoisotopic (exact) mass is 388 g/mol. The van der Waals surface area contributed by atoms with E-state index in [1.54, 1.807) is 25.5 Å². The van der Waals surface area contributed by atoms with Gasteiger partial charge in [-0.2, -0.15) is 4.98 Å². The molecule has 0 saturated heterocycles. The maximum Gasteiger partial charge on any atom is 0.313 e. The first kappa shape index (κ1) is 18.5. The molecule has 9 nitrogen and oxygen atoms in total. The van der Waals surface area contributed by atoms with Crippen molar-refractivity contribution in [3.63, 3.8) is 0 Å². The lowest BCUT2D eigenvalue weighted by Crippen LogP contribution is -1.97. The zero-order chi connectivity index (χ0) is 19.2. The number of carbonyl (C=O) groups is 1. The van der Waals surface area contributed by atoms with Crippen molar-refractivity contribution in [1.29, 1.82) is 0 Å². The number of methoxy groups -OCH3 is 1. The minimum atomic E-state index is -0.932. The Bertz CT molecular complexity index is 966. The molecule has 0 bridgehead atoms. The predicted molar refractivity (Wildman–Crippen MR) is 99.0 cm³/mol. The molecule has 3 aromatic rings. The highest BCUT2D eigenvalue weighted by molar-refractivity contribution is 7.99. The first-order chi connectivity index (χ1) is 13.1. The van der Waals surface area contributed by atoms with Crippen LogP contribution in [0.5, 0.6) is 5.75 Å². The summed E-state index contributed by atoms with van der Waals surface area (Å²) >= 11 is 1.03. The van der Waals surface area contributed by atoms with Crippen molar-refractivity contribution in [3.05, 3.63) is 35.9 Å². The normalized spacial score (nSPS) is 11.0. The number of nitrogens with zero attached hydrogens (tertiary/aromatic N) is 3. The van der Waals surface area contributed by atoms with Crippen molar-refractivity contribution >= 4 is 23.9 Å². The van der Waals surface area contributed by atoms with Crippen LogP contribution in [0.1, 0.15) is 5.56 Å². The molecule has 0 aliphatic heterocycles. The molecule has 0 radical (unpaired) electrons. The van der Waals surface area contributed by atoms with E-state index >= 15 is 0 Å². The van der Waals surface area contributed by atoms with Gasteiger partial charge in [-0.15, -0.1) is 5.10 Å². The van der Waals surface area contributed by atoms with Gasteiger partial charge in [-0.05, 0) is 30.3 Å². The number of thioether (sulfide) groups is 1. The number of carboxylic acid groups (broad SMARTS) is 1. The number of oxime groups is 1. The van der Waals surface area contributed by atoms with Crippen molar-refractivity contribution < 1.29 is 23.9 Å². The number of H-pyrrole nitrogens is 1. The number of aromatic amines is 1. The topological polar surface area (TPSA) is 123 Å². The predicted octanol–water partition coefficient (Wildman–Crippen LogP) is 2.90. The Morgan fingerprint density at radius 2 is 2.15 bits per heavy atom. The van der Waals surface area contributed by atoms with Gasteiger partial charge >= 0.3 is 5.97 Å². The van der Waals surface area contributed by atoms with Crippen LogP contribution in [0.25, 0.3) is 22.9 Å². The van der Waals surface area contributed by atoms with Gasteiger partial charge in [0.15, 0.2) is 11.6 Å². The fraction of sp³-hybridized carbons (Fsp3) is 0.176. The van der Waals surface area contributed by atoms with Crippen molar-refractivity contribution in [3.8, 4) is 28.7 Å². The van der Waals surface area contributed by atoms with Gasteiger partial charge in [-0.3, -0.25) is 9.89 Å². The van der Waals surface area contributed by atoms with E-state index in [1.807, 2.05) is 18.2 Å². The van der Waals surface area contributed by atoms with Crippen LogP contribution in [0.2, 0.25) is 0 Å². The number of hydrogen-bond donors (Lipinski definition) is 2. The Hall–Kier alpha value is -3.27. The molecule has 2 N–H and O–H groups in total. The third-order valence-corrected chi connectivity index (χ3v) is 4.27. The fourth-order valence-corrected chi connectivity index (χ4v) is 2.78. The van der Waals surface area contributed by atoms with Crippen LogP contribution in [-0.2, 0) is 9.63 Å². The zero-order valence-corrected chi connectivity index (χ0v) is 15.3. The lowest BCUT2D eigenvalue weighted by molar-refractivity contribution is -0.133. The molecule has 10 heteroatoms. The zero-order valence-electron chi connectivity index (χ0n) is 14.5. The molecule has 0 unspecified atom stereocenters. The Kier molecular flexibility index (Phi) is 5.77. The van der Waals surface area contributed by atoms with E-state index in [4.69, 9.17) is 19.1 Å². The molecule has 2 aromatic heterocycles. The van der Waals surface area contributed by atoms with E-state index in [0.29, 0.717) is 28.3 Å². The summed E-state index contributed by atoms with van der Waals surface area (Å²) in [6, 6.07) is 9.10. The Morgan fingerprint density at radius 1 is 1.33 bits per heavy atom. The van der Waals surface area contributed by atoms with E-state index in [0.717, 1.165) is 22.9 Å². The molecule has 3 rings (SSSR count). The third kappa shape index (κ3) is 4.47. The van der Waals surface area contributed by atoms with Crippen LogP contribution in [0.15, 0.2) is 45.1 Å². The van der Waals surface area contributed by atoms with Gasteiger partial charge in [-0.1, -0.05) is 16.9 Å². The largest absolute Gasteiger partial charge is 0.496 e. The average Bonchev–Trinajstić information content (AvgIpc) is 3.33. The molecule has 0 spiro atoms. The first-order valence-electron chi connectivity index (χ1n) is 7.73. The summed E-state index contributed by atoms with van der Waals surface area (Å²) in [7, 11) is 3.04. The third-order valence-electron chi connectivity index (χ3n) is 3.44. The van der Waals surface area contributed by atoms with Crippen molar-refractivity contribution in [2.45, 2.75) is 5.16 Å². The minimum Gasteiger partial charge on any atom is -0.496 e. The summed E-state index contributed by atoms with van der Waals surface area (Å²) in [5.41, 5.74) is 1.56. The number of rotatable bonds is 8. The maximum atomic E-state index is 10.6. The number of carboxylic acids is 1. The minimum absolute atomic E-state index is 0.113. The fourth-order valence-electron chi connectivity index (χ4n) is 2.27. The number of ether oxygens (including phenoxy) is 1. The molecule has 0 saturated carbocycles. The van der Waals surface area contributed by atoms with Gasteiger partial charge in [0.2, 0.25) is 5.16 Å². The highest BCUT2D eigenvalue weighted by Gasteiger charge is 2.13. The van der Waals surface area contributed by atoms with Gasteiger partial charge < -0.3 is 19.1 Å². The van der Waals surface area contributed by atoms with Crippen molar-refractivity contribution in [1.82, 2.24) is 15.2 Å². The summed E-state index contributed by atoms with van der Waals surface area (Å²) < 4.78 is 11.2. The molecular weight excluding hydrogens is 372 g/mol. The summed E-state index contributed by atoms with van der Waals surface area (Å²) in [5, 5.41) is 19.5. The molecule has 1 aromatic carbocycles. The van der Waals surface area contributed by atoms with Gasteiger partial charge in [-0.25, -0.2) is 0 Å². The number of benzene rings is 1. The van der Waals surface area contributed by atoms with Crippen LogP contribution in [0.4, 0.5) is 0 Å². The average molecular weight is 388 g/mol. The van der Waals surface area contributed by atoms with Crippen LogP contribution in [0, 0.1) is 0 Å². The SMILES string of the molecule is CON=Cc1cc(-c2ccc(-c3nc(SCC(=O)O)n[nH]3)o2)ccc1OC.